The van der Waals surface area contributed by atoms with Gasteiger partial charge in [-0.2, -0.15) is 0 Å². The van der Waals surface area contributed by atoms with E-state index in [4.69, 9.17) is 4.74 Å². The Hall–Kier alpha value is -2.62. The summed E-state index contributed by atoms with van der Waals surface area (Å²) in [6.45, 7) is 1.62. The average Bonchev–Trinajstić information content (AvgIpc) is 3.66. The highest BCUT2D eigenvalue weighted by Crippen LogP contribution is 2.79. The summed E-state index contributed by atoms with van der Waals surface area (Å²) >= 11 is 0. The summed E-state index contributed by atoms with van der Waals surface area (Å²) in [7, 11) is 1.87. The second-order valence-corrected chi connectivity index (χ2v) is 18.3. The van der Waals surface area contributed by atoms with Crippen LogP contribution < -0.4 is 5.32 Å². The van der Waals surface area contributed by atoms with Gasteiger partial charge in [-0.05, 0) is 106 Å². The van der Waals surface area contributed by atoms with E-state index in [-0.39, 0.29) is 69.1 Å². The smallest absolute Gasteiger partial charge is 0.331 e. The number of benzene rings is 1. The number of ether oxygens (including phenoxy) is 1. The van der Waals surface area contributed by atoms with Gasteiger partial charge in [0.1, 0.15) is 18.0 Å². The molecule has 1 heterocycles. The summed E-state index contributed by atoms with van der Waals surface area (Å²) in [4.78, 5) is 27.1. The molecule has 0 radical (unpaired) electrons. The van der Waals surface area contributed by atoms with Gasteiger partial charge in [0.15, 0.2) is 0 Å². The number of aliphatic hydroxyl groups excluding tert-OH is 3. The summed E-state index contributed by atoms with van der Waals surface area (Å²) < 4.78 is 6.17. The van der Waals surface area contributed by atoms with Crippen LogP contribution in [0.25, 0.3) is 0 Å². The van der Waals surface area contributed by atoms with E-state index in [1.165, 1.54) is 6.08 Å². The van der Waals surface area contributed by atoms with Gasteiger partial charge in [0.25, 0.3) is 0 Å². The lowest BCUT2D eigenvalue weighted by Gasteiger charge is -2.70. The Balaban J connectivity index is 1.29. The van der Waals surface area contributed by atoms with Crippen LogP contribution >= 0.6 is 0 Å². The van der Waals surface area contributed by atoms with Crippen LogP contribution in [0.2, 0.25) is 0 Å². The molecule has 13 atom stereocenters. The lowest BCUT2D eigenvalue weighted by Crippen LogP contribution is -2.78. The molecule has 54 heavy (non-hydrogen) atoms. The van der Waals surface area contributed by atoms with Crippen molar-refractivity contribution in [3.8, 4) is 11.8 Å². The molecule has 0 aromatic heterocycles. The van der Waals surface area contributed by atoms with Crippen molar-refractivity contribution in [2.75, 3.05) is 13.7 Å². The van der Waals surface area contributed by atoms with Gasteiger partial charge >= 0.3 is 5.97 Å². The van der Waals surface area contributed by atoms with Gasteiger partial charge in [-0.1, -0.05) is 50.2 Å². The minimum Gasteiger partial charge on any atom is -0.454 e. The quantitative estimate of drug-likeness (QED) is 0.0906. The Morgan fingerprint density at radius 3 is 2.59 bits per heavy atom. The van der Waals surface area contributed by atoms with E-state index in [9.17, 15) is 40.2 Å². The van der Waals surface area contributed by atoms with Crippen molar-refractivity contribution in [1.29, 1.82) is 0 Å². The van der Waals surface area contributed by atoms with Crippen molar-refractivity contribution in [1.82, 2.24) is 5.32 Å². The number of rotatable bonds is 8. The van der Waals surface area contributed by atoms with Gasteiger partial charge in [-0.15, -0.1) is 0 Å². The largest absolute Gasteiger partial charge is 0.454 e. The maximum Gasteiger partial charge on any atom is 0.331 e. The maximum absolute atomic E-state index is 13.8. The normalized spacial score (nSPS) is 46.1. The van der Waals surface area contributed by atoms with Crippen molar-refractivity contribution < 1.29 is 45.0 Å². The minimum absolute atomic E-state index is 0.0346. The van der Waals surface area contributed by atoms with Crippen LogP contribution in [0.15, 0.2) is 29.8 Å². The van der Waals surface area contributed by atoms with E-state index in [1.807, 2.05) is 25.2 Å². The molecule has 294 valence electrons. The number of hydrogen-bond donors (Lipinski definition) is 7. The number of nitrogens with one attached hydrogen (secondary N) is 1. The monoisotopic (exact) mass is 745 g/mol. The van der Waals surface area contributed by atoms with Gasteiger partial charge in [0.2, 0.25) is 0 Å². The SMILES string of the molecule is CCCCCC1CC2(C=O)C3CCC45CCC#Cc6cccc(CO)c6CC(NC)C6CC(CC4(O)C3(O)CCC2(O)CC1O)C5(CO)C1=CC(=O)OC16. The van der Waals surface area contributed by atoms with E-state index in [0.717, 1.165) is 48.7 Å². The number of esters is 1. The van der Waals surface area contributed by atoms with Crippen LogP contribution in [-0.2, 0) is 27.4 Å². The second-order valence-electron chi connectivity index (χ2n) is 18.3. The van der Waals surface area contributed by atoms with Crippen molar-refractivity contribution in [2.24, 2.45) is 39.9 Å². The first-order valence-electron chi connectivity index (χ1n) is 20.6. The van der Waals surface area contributed by atoms with Gasteiger partial charge < -0.3 is 45.5 Å². The molecule has 5 fully saturated rings. The molecule has 0 saturated heterocycles. The maximum atomic E-state index is 13.8. The first kappa shape index (κ1) is 38.3. The predicted octanol–water partition coefficient (Wildman–Crippen LogP) is 3.25. The third-order valence-electron chi connectivity index (χ3n) is 16.7. The van der Waals surface area contributed by atoms with Crippen molar-refractivity contribution in [2.45, 2.75) is 145 Å². The number of carbonyl (C=O) groups excluding carboxylic acids is 2. The molecule has 1 aromatic rings. The Morgan fingerprint density at radius 1 is 1.06 bits per heavy atom. The Morgan fingerprint density at radius 2 is 1.87 bits per heavy atom. The summed E-state index contributed by atoms with van der Waals surface area (Å²) in [5.74, 6) is 4.67. The summed E-state index contributed by atoms with van der Waals surface area (Å²) in [5, 5.41) is 76.8. The van der Waals surface area contributed by atoms with E-state index in [1.54, 1.807) is 0 Å². The van der Waals surface area contributed by atoms with Crippen LogP contribution in [0, 0.1) is 51.8 Å². The summed E-state index contributed by atoms with van der Waals surface area (Å²) in [6, 6.07) is 5.52. The molecule has 10 heteroatoms. The van der Waals surface area contributed by atoms with E-state index in [2.05, 4.69) is 24.1 Å². The molecule has 1 aliphatic heterocycles. The zero-order chi connectivity index (χ0) is 38.3. The number of unbranched alkanes of at least 4 members (excludes halogenated alkanes) is 2. The lowest BCUT2D eigenvalue weighted by atomic mass is 9.36. The molecule has 7 aliphatic rings. The first-order valence-corrected chi connectivity index (χ1v) is 20.6. The number of fused-ring (bicyclic) bond motifs is 8. The summed E-state index contributed by atoms with van der Waals surface area (Å²) in [6.07, 6.45) is 7.43. The minimum atomic E-state index is -1.81. The molecule has 7 N–H and O–H groups in total. The van der Waals surface area contributed by atoms with E-state index in [0.29, 0.717) is 44.1 Å². The van der Waals surface area contributed by atoms with Crippen LogP contribution in [0.4, 0.5) is 0 Å². The Labute approximate surface area is 318 Å². The Kier molecular flexibility index (Phi) is 9.57. The first-order chi connectivity index (χ1) is 25.9. The standard InChI is InChI=1S/C44H59NO9/c1-3-4-5-10-28-21-39(25-47)36-13-15-40-14-7-6-9-27-11-8-12-29(24-46)31(27)19-34(45-2)32-18-30(42(40,26-48)33-20-37(50)54-38(32)33)22-44(40,53)43(36,52)17-16-41(39,51)23-35(28)49/h8,11-12,20,25,28,30,32,34-36,38,45-46,48-49,51-53H,3-5,7,10,13-19,21-24,26H2,1-2H3. The predicted molar refractivity (Wildman–Crippen MR) is 199 cm³/mol. The molecule has 8 rings (SSSR count). The fourth-order valence-electron chi connectivity index (χ4n) is 14.3. The van der Waals surface area contributed by atoms with Gasteiger partial charge in [-0.25, -0.2) is 4.79 Å². The van der Waals surface area contributed by atoms with Crippen molar-refractivity contribution in [3.63, 3.8) is 0 Å². The number of aliphatic hydroxyl groups is 6. The molecule has 6 aliphatic carbocycles. The zero-order valence-electron chi connectivity index (χ0n) is 31.9. The molecule has 10 nitrogen and oxygen atoms in total. The summed E-state index contributed by atoms with van der Waals surface area (Å²) in [5.41, 5.74) is -5.57. The average molecular weight is 746 g/mol. The van der Waals surface area contributed by atoms with Crippen molar-refractivity contribution >= 4 is 12.3 Å². The number of carbonyl (C=O) groups is 2. The Bertz CT molecular complexity index is 1770. The van der Waals surface area contributed by atoms with Crippen molar-refractivity contribution in [3.05, 3.63) is 46.5 Å². The second kappa shape index (κ2) is 13.5. The fourth-order valence-corrected chi connectivity index (χ4v) is 14.3. The lowest BCUT2D eigenvalue weighted by molar-refractivity contribution is -0.329. The van der Waals surface area contributed by atoms with Crippen LogP contribution in [0.3, 0.4) is 0 Å². The topological polar surface area (TPSA) is 177 Å². The highest BCUT2D eigenvalue weighted by molar-refractivity contribution is 5.87. The van der Waals surface area contributed by atoms with Gasteiger partial charge in [-0.3, -0.25) is 0 Å². The molecular weight excluding hydrogens is 686 g/mol. The highest BCUT2D eigenvalue weighted by atomic mass is 16.5. The molecule has 0 amide bonds. The number of aldehydes is 1. The number of hydrogen-bond acceptors (Lipinski definition) is 10. The van der Waals surface area contributed by atoms with Crippen LogP contribution in [0.1, 0.15) is 114 Å². The van der Waals surface area contributed by atoms with E-state index < -0.39 is 57.1 Å². The van der Waals surface area contributed by atoms with E-state index >= 15 is 0 Å². The molecule has 13 unspecified atom stereocenters. The molecule has 5 saturated carbocycles. The molecule has 1 spiro atoms. The molecule has 1 aromatic carbocycles. The van der Waals surface area contributed by atoms with Gasteiger partial charge in [0, 0.05) is 53.2 Å². The zero-order valence-corrected chi connectivity index (χ0v) is 31.9. The fraction of sp³-hybridized carbons (Fsp3) is 0.727. The number of likely N-dealkylation sites (N-methyl/N-ethyl adjacent to an activating group) is 1. The van der Waals surface area contributed by atoms with Crippen LogP contribution in [0.5, 0.6) is 0 Å². The molecular formula is C44H59NO9. The van der Waals surface area contributed by atoms with Crippen LogP contribution in [-0.4, -0.2) is 91.6 Å². The highest BCUT2D eigenvalue weighted by Gasteiger charge is 2.84. The molecule has 4 bridgehead atoms. The third-order valence-corrected chi connectivity index (χ3v) is 16.7. The third kappa shape index (κ3) is 4.85. The van der Waals surface area contributed by atoms with Gasteiger partial charge in [0.05, 0.1) is 35.9 Å².